The Balaban J connectivity index is 1.88. The molecule has 0 aliphatic rings. The van der Waals surface area contributed by atoms with Gasteiger partial charge in [0, 0.05) is 23.7 Å². The Morgan fingerprint density at radius 2 is 2.24 bits per heavy atom. The van der Waals surface area contributed by atoms with Gasteiger partial charge in [0.25, 0.3) is 0 Å². The number of nitrogens with zero attached hydrogens (tertiary/aromatic N) is 3. The normalized spacial score (nSPS) is 10.6. The molecule has 0 atom stereocenters. The average molecular weight is 343 g/mol. The molecule has 2 aromatic heterocycles. The average Bonchev–Trinajstić information content (AvgIpc) is 2.80. The van der Waals surface area contributed by atoms with E-state index in [-0.39, 0.29) is 11.7 Å². The van der Waals surface area contributed by atoms with Crippen molar-refractivity contribution in [2.75, 3.05) is 18.5 Å². The Bertz CT molecular complexity index is 627. The Hall–Kier alpha value is -1.31. The van der Waals surface area contributed by atoms with Crippen LogP contribution in [0.4, 0.5) is 5.82 Å². The fourth-order valence-corrected chi connectivity index (χ4v) is 3.62. The molecule has 0 radical (unpaired) electrons. The fourth-order valence-electron chi connectivity index (χ4n) is 1.62. The Morgan fingerprint density at radius 3 is 2.86 bits per heavy atom. The summed E-state index contributed by atoms with van der Waals surface area (Å²) in [5.41, 5.74) is 6.45. The molecule has 1 amide bonds. The number of thioether (sulfide) groups is 1. The van der Waals surface area contributed by atoms with Crippen molar-refractivity contribution in [1.29, 1.82) is 0 Å². The number of thiophene rings is 1. The molecule has 0 fully saturated rings. The van der Waals surface area contributed by atoms with Crippen molar-refractivity contribution in [3.63, 3.8) is 0 Å². The molecule has 2 aromatic rings. The van der Waals surface area contributed by atoms with Crippen LogP contribution >= 0.6 is 34.7 Å². The second kappa shape index (κ2) is 7.11. The maximum Gasteiger partial charge on any atom is 0.233 e. The van der Waals surface area contributed by atoms with Crippen LogP contribution in [0.15, 0.2) is 23.4 Å². The van der Waals surface area contributed by atoms with E-state index in [1.54, 1.807) is 18.0 Å². The molecule has 2 heterocycles. The van der Waals surface area contributed by atoms with E-state index in [0.29, 0.717) is 17.5 Å². The number of aryl methyl sites for hydroxylation is 1. The zero-order chi connectivity index (χ0) is 15.4. The van der Waals surface area contributed by atoms with Gasteiger partial charge in [-0.2, -0.15) is 0 Å². The molecule has 0 saturated carbocycles. The molecule has 0 bridgehead atoms. The number of halogens is 1. The van der Waals surface area contributed by atoms with E-state index in [1.807, 2.05) is 19.1 Å². The van der Waals surface area contributed by atoms with Gasteiger partial charge in [-0.25, -0.2) is 9.97 Å². The van der Waals surface area contributed by atoms with Gasteiger partial charge in [0.2, 0.25) is 5.91 Å². The number of rotatable bonds is 5. The number of amides is 1. The van der Waals surface area contributed by atoms with Crippen LogP contribution in [0.2, 0.25) is 4.34 Å². The number of hydrogen-bond acceptors (Lipinski definition) is 6. The highest BCUT2D eigenvalue weighted by molar-refractivity contribution is 7.99. The summed E-state index contributed by atoms with van der Waals surface area (Å²) >= 11 is 8.64. The molecule has 0 unspecified atom stereocenters. The van der Waals surface area contributed by atoms with E-state index in [1.165, 1.54) is 23.1 Å². The summed E-state index contributed by atoms with van der Waals surface area (Å²) in [5, 5.41) is 0.522. The van der Waals surface area contributed by atoms with E-state index in [9.17, 15) is 4.79 Å². The molecular formula is C13H15ClN4OS2. The van der Waals surface area contributed by atoms with Crippen LogP contribution in [0.1, 0.15) is 10.6 Å². The predicted octanol–water partition coefficient (Wildman–Crippen LogP) is 2.83. The van der Waals surface area contributed by atoms with Gasteiger partial charge >= 0.3 is 0 Å². The second-order valence-corrected chi connectivity index (χ2v) is 7.20. The SMILES string of the molecule is Cc1cc(N)nc(SCC(=O)N(C)Cc2ccc(Cl)s2)n1. The highest BCUT2D eigenvalue weighted by Gasteiger charge is 2.12. The number of carbonyl (C=O) groups excluding carboxylic acids is 1. The van der Waals surface area contributed by atoms with Gasteiger partial charge in [0.05, 0.1) is 16.6 Å². The molecule has 0 aliphatic carbocycles. The number of aromatic nitrogens is 2. The lowest BCUT2D eigenvalue weighted by molar-refractivity contribution is -0.127. The summed E-state index contributed by atoms with van der Waals surface area (Å²) in [7, 11) is 1.77. The van der Waals surface area contributed by atoms with Crippen LogP contribution in [0.3, 0.4) is 0 Å². The summed E-state index contributed by atoms with van der Waals surface area (Å²) in [5.74, 6) is 0.700. The van der Waals surface area contributed by atoms with Crippen LogP contribution < -0.4 is 5.73 Å². The van der Waals surface area contributed by atoms with Crippen LogP contribution in [0.5, 0.6) is 0 Å². The number of carbonyl (C=O) groups is 1. The fraction of sp³-hybridized carbons (Fsp3) is 0.308. The van der Waals surface area contributed by atoms with Crippen LogP contribution in [-0.2, 0) is 11.3 Å². The number of hydrogen-bond donors (Lipinski definition) is 1. The maximum atomic E-state index is 12.1. The molecule has 8 heteroatoms. The minimum absolute atomic E-state index is 0.00759. The van der Waals surface area contributed by atoms with E-state index >= 15 is 0 Å². The van der Waals surface area contributed by atoms with Crippen molar-refractivity contribution in [3.05, 3.63) is 33.1 Å². The summed E-state index contributed by atoms with van der Waals surface area (Å²) in [6, 6.07) is 5.45. The van der Waals surface area contributed by atoms with E-state index < -0.39 is 0 Å². The predicted molar refractivity (Wildman–Crippen MR) is 87.7 cm³/mol. The van der Waals surface area contributed by atoms with Crippen molar-refractivity contribution < 1.29 is 4.79 Å². The first kappa shape index (κ1) is 16.1. The minimum Gasteiger partial charge on any atom is -0.384 e. The Labute approximate surface area is 136 Å². The highest BCUT2D eigenvalue weighted by atomic mass is 35.5. The molecule has 0 saturated heterocycles. The first-order chi connectivity index (χ1) is 9.94. The van der Waals surface area contributed by atoms with Crippen molar-refractivity contribution in [2.45, 2.75) is 18.6 Å². The molecule has 5 nitrogen and oxygen atoms in total. The van der Waals surface area contributed by atoms with E-state index in [0.717, 1.165) is 14.9 Å². The monoisotopic (exact) mass is 342 g/mol. The lowest BCUT2D eigenvalue weighted by Gasteiger charge is -2.15. The van der Waals surface area contributed by atoms with E-state index in [2.05, 4.69) is 9.97 Å². The summed E-state index contributed by atoms with van der Waals surface area (Å²) < 4.78 is 0.726. The lowest BCUT2D eigenvalue weighted by atomic mass is 10.4. The summed E-state index contributed by atoms with van der Waals surface area (Å²) in [4.78, 5) is 23.1. The van der Waals surface area contributed by atoms with Crippen molar-refractivity contribution in [2.24, 2.45) is 0 Å². The van der Waals surface area contributed by atoms with Gasteiger partial charge in [-0.05, 0) is 19.1 Å². The molecule has 0 aromatic carbocycles. The van der Waals surface area contributed by atoms with E-state index in [4.69, 9.17) is 17.3 Å². The Kier molecular flexibility index (Phi) is 5.44. The van der Waals surface area contributed by atoms with Crippen molar-refractivity contribution >= 4 is 46.4 Å². The summed E-state index contributed by atoms with van der Waals surface area (Å²) in [6.07, 6.45) is 0. The number of nitrogen functional groups attached to an aromatic ring is 1. The largest absolute Gasteiger partial charge is 0.384 e. The third kappa shape index (κ3) is 4.87. The van der Waals surface area contributed by atoms with Gasteiger partial charge < -0.3 is 10.6 Å². The third-order valence-corrected chi connectivity index (χ3v) is 4.67. The maximum absolute atomic E-state index is 12.1. The molecule has 0 aliphatic heterocycles. The van der Waals surface area contributed by atoms with Gasteiger partial charge in [-0.3, -0.25) is 4.79 Å². The number of nitrogens with two attached hydrogens (primary N) is 1. The summed E-state index contributed by atoms with van der Waals surface area (Å²) in [6.45, 7) is 2.39. The van der Waals surface area contributed by atoms with Gasteiger partial charge in [-0.15, -0.1) is 11.3 Å². The first-order valence-electron chi connectivity index (χ1n) is 6.16. The van der Waals surface area contributed by atoms with Gasteiger partial charge in [0.1, 0.15) is 5.82 Å². The zero-order valence-electron chi connectivity index (χ0n) is 11.7. The lowest BCUT2D eigenvalue weighted by Crippen LogP contribution is -2.27. The molecule has 0 spiro atoms. The topological polar surface area (TPSA) is 72.1 Å². The molecule has 21 heavy (non-hydrogen) atoms. The van der Waals surface area contributed by atoms with Crippen LogP contribution in [-0.4, -0.2) is 33.6 Å². The molecule has 112 valence electrons. The molecule has 2 rings (SSSR count). The van der Waals surface area contributed by atoms with Gasteiger partial charge in [0.15, 0.2) is 5.16 Å². The smallest absolute Gasteiger partial charge is 0.233 e. The molecular weight excluding hydrogens is 328 g/mol. The third-order valence-electron chi connectivity index (χ3n) is 2.63. The molecule has 2 N–H and O–H groups in total. The van der Waals surface area contributed by atoms with Gasteiger partial charge in [-0.1, -0.05) is 23.4 Å². The number of anilines is 1. The Morgan fingerprint density at radius 1 is 1.48 bits per heavy atom. The quantitative estimate of drug-likeness (QED) is 0.668. The second-order valence-electron chi connectivity index (χ2n) is 4.46. The minimum atomic E-state index is 0.00759. The zero-order valence-corrected chi connectivity index (χ0v) is 14.1. The first-order valence-corrected chi connectivity index (χ1v) is 8.34. The van der Waals surface area contributed by atoms with Crippen LogP contribution in [0.25, 0.3) is 0 Å². The standard InChI is InChI=1S/C13H15ClN4OS2/c1-8-5-11(15)17-13(16-8)20-7-12(19)18(2)6-9-3-4-10(14)21-9/h3-5H,6-7H2,1-2H3,(H2,15,16,17). The van der Waals surface area contributed by atoms with Crippen molar-refractivity contribution in [1.82, 2.24) is 14.9 Å². The van der Waals surface area contributed by atoms with Crippen LogP contribution in [0, 0.1) is 6.92 Å². The van der Waals surface area contributed by atoms with Crippen molar-refractivity contribution in [3.8, 4) is 0 Å². The highest BCUT2D eigenvalue weighted by Crippen LogP contribution is 2.23.